The van der Waals surface area contributed by atoms with Gasteiger partial charge in [0.05, 0.1) is 11.7 Å². The van der Waals surface area contributed by atoms with Gasteiger partial charge in [0.1, 0.15) is 5.60 Å². The maximum atomic E-state index is 13.2. The molecule has 0 amide bonds. The van der Waals surface area contributed by atoms with Gasteiger partial charge >= 0.3 is 5.97 Å². The van der Waals surface area contributed by atoms with Crippen molar-refractivity contribution in [3.63, 3.8) is 0 Å². The minimum absolute atomic E-state index is 0.130. The lowest BCUT2D eigenvalue weighted by Gasteiger charge is -2.31. The molecule has 0 aromatic heterocycles. The van der Waals surface area contributed by atoms with Crippen molar-refractivity contribution >= 4 is 16.0 Å². The van der Waals surface area contributed by atoms with Crippen molar-refractivity contribution in [1.29, 1.82) is 0 Å². The van der Waals surface area contributed by atoms with Gasteiger partial charge in [-0.05, 0) is 55.4 Å². The lowest BCUT2D eigenvalue weighted by molar-refractivity contribution is -0.160. The molecule has 3 rings (SSSR count). The molecular weight excluding hydrogens is 410 g/mol. The standard InChI is InChI=1S/C25H33NO4S/c1-18(2)23(24(27)30-25(3,4)5)17-31(28,29)26-14-13-21-15-20(11-12-22(21)16-26)19-9-7-6-8-10-19/h6-12,15,18,23H,13-14,16-17H2,1-5H3. The molecule has 1 aliphatic heterocycles. The molecule has 0 spiro atoms. The molecule has 2 aromatic rings. The molecule has 2 aromatic carbocycles. The van der Waals surface area contributed by atoms with Gasteiger partial charge < -0.3 is 4.74 Å². The maximum absolute atomic E-state index is 13.2. The molecule has 0 bridgehead atoms. The van der Waals surface area contributed by atoms with E-state index in [0.717, 1.165) is 16.7 Å². The van der Waals surface area contributed by atoms with Crippen LogP contribution < -0.4 is 0 Å². The highest BCUT2D eigenvalue weighted by Crippen LogP contribution is 2.29. The first kappa shape index (κ1) is 23.5. The second-order valence-electron chi connectivity index (χ2n) is 9.60. The minimum atomic E-state index is -3.60. The van der Waals surface area contributed by atoms with E-state index in [9.17, 15) is 13.2 Å². The third-order valence-electron chi connectivity index (χ3n) is 5.59. The third-order valence-corrected chi connectivity index (χ3v) is 7.47. The number of carbonyl (C=O) groups is 1. The van der Waals surface area contributed by atoms with Gasteiger partial charge in [0.25, 0.3) is 0 Å². The number of hydrogen-bond donors (Lipinski definition) is 0. The number of nitrogens with zero attached hydrogens (tertiary/aromatic N) is 1. The summed E-state index contributed by atoms with van der Waals surface area (Å²) in [7, 11) is -3.60. The lowest BCUT2D eigenvalue weighted by Crippen LogP contribution is -2.42. The van der Waals surface area contributed by atoms with E-state index in [-0.39, 0.29) is 11.7 Å². The molecule has 6 heteroatoms. The molecule has 1 atom stereocenters. The van der Waals surface area contributed by atoms with E-state index in [1.807, 2.05) is 44.2 Å². The SMILES string of the molecule is CC(C)C(CS(=O)(=O)N1CCc2cc(-c3ccccc3)ccc2C1)C(=O)OC(C)(C)C. The Morgan fingerprint density at radius 1 is 1.03 bits per heavy atom. The zero-order valence-corrected chi connectivity index (χ0v) is 19.9. The van der Waals surface area contributed by atoms with Crippen LogP contribution in [0.3, 0.4) is 0 Å². The van der Waals surface area contributed by atoms with Crippen molar-refractivity contribution in [2.75, 3.05) is 12.3 Å². The fourth-order valence-corrected chi connectivity index (χ4v) is 5.71. The molecule has 0 N–H and O–H groups in total. The Labute approximate surface area is 186 Å². The summed E-state index contributed by atoms with van der Waals surface area (Å²) in [6.07, 6.45) is 0.661. The number of hydrogen-bond acceptors (Lipinski definition) is 4. The van der Waals surface area contributed by atoms with Crippen LogP contribution in [0.4, 0.5) is 0 Å². The minimum Gasteiger partial charge on any atom is -0.460 e. The summed E-state index contributed by atoms with van der Waals surface area (Å²) in [6.45, 7) is 9.87. The van der Waals surface area contributed by atoms with Gasteiger partial charge in [0.2, 0.25) is 10.0 Å². The smallest absolute Gasteiger partial charge is 0.310 e. The van der Waals surface area contributed by atoms with Gasteiger partial charge in [-0.2, -0.15) is 4.31 Å². The zero-order chi connectivity index (χ0) is 22.8. The van der Waals surface area contributed by atoms with Crippen LogP contribution in [-0.2, 0) is 32.5 Å². The summed E-state index contributed by atoms with van der Waals surface area (Å²) in [5.41, 5.74) is 3.85. The van der Waals surface area contributed by atoms with Crippen LogP contribution in [0.25, 0.3) is 11.1 Å². The quantitative estimate of drug-likeness (QED) is 0.610. The van der Waals surface area contributed by atoms with E-state index in [4.69, 9.17) is 4.74 Å². The summed E-state index contributed by atoms with van der Waals surface area (Å²) in [6, 6.07) is 16.4. The van der Waals surface area contributed by atoms with Crippen LogP contribution in [0.1, 0.15) is 45.7 Å². The molecule has 1 unspecified atom stereocenters. The van der Waals surface area contributed by atoms with Gasteiger partial charge in [-0.3, -0.25) is 4.79 Å². The highest BCUT2D eigenvalue weighted by molar-refractivity contribution is 7.89. The average Bonchev–Trinajstić information content (AvgIpc) is 2.70. The van der Waals surface area contributed by atoms with Gasteiger partial charge in [-0.15, -0.1) is 0 Å². The molecule has 0 saturated heterocycles. The van der Waals surface area contributed by atoms with Crippen LogP contribution in [0.15, 0.2) is 48.5 Å². The molecular formula is C25H33NO4S. The molecule has 0 radical (unpaired) electrons. The largest absolute Gasteiger partial charge is 0.460 e. The van der Waals surface area contributed by atoms with Crippen molar-refractivity contribution in [1.82, 2.24) is 4.31 Å². The molecule has 0 aliphatic carbocycles. The van der Waals surface area contributed by atoms with E-state index in [1.54, 1.807) is 20.8 Å². The van der Waals surface area contributed by atoms with Crippen molar-refractivity contribution < 1.29 is 17.9 Å². The second kappa shape index (κ2) is 9.13. The number of carbonyl (C=O) groups excluding carboxylic acids is 1. The average molecular weight is 444 g/mol. The molecule has 1 heterocycles. The first-order valence-electron chi connectivity index (χ1n) is 10.8. The Hall–Kier alpha value is -2.18. The molecule has 0 fully saturated rings. The molecule has 5 nitrogen and oxygen atoms in total. The molecule has 168 valence electrons. The predicted octanol–water partition coefficient (Wildman–Crippen LogP) is 4.66. The summed E-state index contributed by atoms with van der Waals surface area (Å²) in [5.74, 6) is -1.49. The second-order valence-corrected chi connectivity index (χ2v) is 11.6. The monoisotopic (exact) mass is 443 g/mol. The summed E-state index contributed by atoms with van der Waals surface area (Å²) in [4.78, 5) is 12.6. The molecule has 31 heavy (non-hydrogen) atoms. The Balaban J connectivity index is 1.75. The fourth-order valence-electron chi connectivity index (χ4n) is 3.82. The van der Waals surface area contributed by atoms with Crippen LogP contribution in [0.5, 0.6) is 0 Å². The van der Waals surface area contributed by atoms with Crippen molar-refractivity contribution in [3.8, 4) is 11.1 Å². The summed E-state index contributed by atoms with van der Waals surface area (Å²) < 4.78 is 33.4. The maximum Gasteiger partial charge on any atom is 0.310 e. The number of rotatable bonds is 6. The van der Waals surface area contributed by atoms with E-state index in [1.165, 1.54) is 9.87 Å². The fraction of sp³-hybridized carbons (Fsp3) is 0.480. The first-order chi connectivity index (χ1) is 14.5. The van der Waals surface area contributed by atoms with Gasteiger partial charge in [-0.25, -0.2) is 8.42 Å². The van der Waals surface area contributed by atoms with Crippen molar-refractivity contribution in [2.45, 2.75) is 53.2 Å². The number of fused-ring (bicyclic) bond motifs is 1. The Morgan fingerprint density at radius 2 is 1.71 bits per heavy atom. The predicted molar refractivity (Wildman–Crippen MR) is 124 cm³/mol. The topological polar surface area (TPSA) is 63.7 Å². The van der Waals surface area contributed by atoms with Gasteiger partial charge in [0, 0.05) is 13.1 Å². The molecule has 1 aliphatic rings. The number of benzene rings is 2. The highest BCUT2D eigenvalue weighted by atomic mass is 32.2. The lowest BCUT2D eigenvalue weighted by atomic mass is 9.95. The van der Waals surface area contributed by atoms with E-state index in [0.29, 0.717) is 19.5 Å². The summed E-state index contributed by atoms with van der Waals surface area (Å²) in [5, 5.41) is 0. The van der Waals surface area contributed by atoms with Crippen LogP contribution in [0, 0.1) is 11.8 Å². The Morgan fingerprint density at radius 3 is 2.32 bits per heavy atom. The van der Waals surface area contributed by atoms with Gasteiger partial charge in [0.15, 0.2) is 0 Å². The van der Waals surface area contributed by atoms with Crippen molar-refractivity contribution in [3.05, 3.63) is 59.7 Å². The third kappa shape index (κ3) is 5.95. The molecule has 0 saturated carbocycles. The van der Waals surface area contributed by atoms with E-state index < -0.39 is 27.5 Å². The van der Waals surface area contributed by atoms with Crippen LogP contribution in [0.2, 0.25) is 0 Å². The van der Waals surface area contributed by atoms with Crippen LogP contribution in [-0.4, -0.2) is 36.6 Å². The van der Waals surface area contributed by atoms with E-state index >= 15 is 0 Å². The Bertz CT molecular complexity index is 1020. The number of ether oxygens (including phenoxy) is 1. The van der Waals surface area contributed by atoms with Gasteiger partial charge in [-0.1, -0.05) is 62.4 Å². The number of esters is 1. The van der Waals surface area contributed by atoms with E-state index in [2.05, 4.69) is 18.2 Å². The first-order valence-corrected chi connectivity index (χ1v) is 12.4. The summed E-state index contributed by atoms with van der Waals surface area (Å²) >= 11 is 0. The number of sulfonamides is 1. The van der Waals surface area contributed by atoms with Crippen LogP contribution >= 0.6 is 0 Å². The normalized spacial score (nSPS) is 16.1. The Kier molecular flexibility index (Phi) is 6.92. The zero-order valence-electron chi connectivity index (χ0n) is 19.1. The van der Waals surface area contributed by atoms with Crippen molar-refractivity contribution in [2.24, 2.45) is 11.8 Å². The highest BCUT2D eigenvalue weighted by Gasteiger charge is 2.36.